The summed E-state index contributed by atoms with van der Waals surface area (Å²) in [6, 6.07) is 12.6. The molecule has 10 nitrogen and oxygen atoms in total. The molecule has 10 heteroatoms. The van der Waals surface area contributed by atoms with Crippen molar-refractivity contribution in [3.8, 4) is 34.5 Å². The molecule has 4 atom stereocenters. The first-order chi connectivity index (χ1) is 19.2. The van der Waals surface area contributed by atoms with E-state index in [9.17, 15) is 30.3 Å². The van der Waals surface area contributed by atoms with Crippen LogP contribution in [0.15, 0.2) is 48.5 Å². The molecule has 0 saturated carbocycles. The third-order valence-corrected chi connectivity index (χ3v) is 7.42. The number of cyclic esters (lactones) is 1. The number of phenols is 3. The fraction of sp³-hybridized carbons (Fsp3) is 0.367. The number of ether oxygens (including phenoxy) is 4. The maximum absolute atomic E-state index is 12.7. The first-order valence-electron chi connectivity index (χ1n) is 12.8. The first-order valence-corrected chi connectivity index (χ1v) is 12.8. The summed E-state index contributed by atoms with van der Waals surface area (Å²) < 4.78 is 21.1. The van der Waals surface area contributed by atoms with E-state index in [0.29, 0.717) is 24.2 Å². The van der Waals surface area contributed by atoms with Gasteiger partial charge in [-0.15, -0.1) is 0 Å². The van der Waals surface area contributed by atoms with Gasteiger partial charge in [-0.2, -0.15) is 0 Å². The van der Waals surface area contributed by atoms with E-state index in [2.05, 4.69) is 0 Å². The molecule has 0 aliphatic carbocycles. The zero-order valence-electron chi connectivity index (χ0n) is 22.5. The second-order valence-corrected chi connectivity index (χ2v) is 9.81. The third-order valence-electron chi connectivity index (χ3n) is 7.42. The molecular formula is C30H34O10. The molecule has 0 aromatic heterocycles. The Kier molecular flexibility index (Phi) is 8.91. The highest BCUT2D eigenvalue weighted by Gasteiger charge is 2.37. The number of carbonyl (C=O) groups is 1. The molecule has 1 fully saturated rings. The van der Waals surface area contributed by atoms with Crippen molar-refractivity contribution in [2.24, 2.45) is 11.8 Å². The first kappa shape index (κ1) is 28.8. The summed E-state index contributed by atoms with van der Waals surface area (Å²) in [5.74, 6) is -1.61. The van der Waals surface area contributed by atoms with Crippen LogP contribution in [-0.2, 0) is 22.4 Å². The van der Waals surface area contributed by atoms with Crippen molar-refractivity contribution in [3.63, 3.8) is 0 Å². The molecule has 0 amide bonds. The van der Waals surface area contributed by atoms with Crippen LogP contribution in [0.3, 0.4) is 0 Å². The molecular weight excluding hydrogens is 520 g/mol. The van der Waals surface area contributed by atoms with Gasteiger partial charge in [-0.3, -0.25) is 4.79 Å². The quantitative estimate of drug-likeness (QED) is 0.223. The van der Waals surface area contributed by atoms with Crippen molar-refractivity contribution in [1.29, 1.82) is 0 Å². The summed E-state index contributed by atoms with van der Waals surface area (Å²) in [6.07, 6.45) is -0.474. The Labute approximate surface area is 232 Å². The van der Waals surface area contributed by atoms with E-state index in [1.54, 1.807) is 24.3 Å². The van der Waals surface area contributed by atoms with E-state index in [1.165, 1.54) is 45.6 Å². The number of rotatable bonds is 11. The highest BCUT2D eigenvalue weighted by atomic mass is 16.5. The lowest BCUT2D eigenvalue weighted by molar-refractivity contribution is -0.141. The van der Waals surface area contributed by atoms with Gasteiger partial charge in [0.25, 0.3) is 0 Å². The van der Waals surface area contributed by atoms with E-state index in [4.69, 9.17) is 18.9 Å². The van der Waals surface area contributed by atoms with Gasteiger partial charge in [0.15, 0.2) is 34.5 Å². The summed E-state index contributed by atoms with van der Waals surface area (Å²) in [6.45, 7) is -0.294. The second-order valence-electron chi connectivity index (χ2n) is 9.81. The van der Waals surface area contributed by atoms with Gasteiger partial charge < -0.3 is 44.5 Å². The number of phenolic OH excluding ortho intramolecular Hbond substituents is 3. The fourth-order valence-corrected chi connectivity index (χ4v) is 5.19. The topological polar surface area (TPSA) is 155 Å². The minimum atomic E-state index is -1.25. The molecule has 3 aromatic rings. The van der Waals surface area contributed by atoms with Gasteiger partial charge in [-0.05, 0) is 59.9 Å². The number of methoxy groups -OCH3 is 3. The summed E-state index contributed by atoms with van der Waals surface area (Å²) in [7, 11) is 4.24. The van der Waals surface area contributed by atoms with E-state index in [0.717, 1.165) is 11.1 Å². The van der Waals surface area contributed by atoms with Gasteiger partial charge >= 0.3 is 5.97 Å². The Morgan fingerprint density at radius 2 is 1.48 bits per heavy atom. The molecule has 1 aliphatic rings. The lowest BCUT2D eigenvalue weighted by Gasteiger charge is -2.25. The Hall–Kier alpha value is -4.15. The highest BCUT2D eigenvalue weighted by molar-refractivity contribution is 5.75. The average molecular weight is 555 g/mol. The van der Waals surface area contributed by atoms with Gasteiger partial charge in [-0.1, -0.05) is 18.2 Å². The molecule has 1 aliphatic heterocycles. The number of aliphatic hydroxyl groups excluding tert-OH is 2. The van der Waals surface area contributed by atoms with Crippen molar-refractivity contribution in [1.82, 2.24) is 0 Å². The van der Waals surface area contributed by atoms with Crippen molar-refractivity contribution >= 4 is 5.97 Å². The van der Waals surface area contributed by atoms with Gasteiger partial charge in [0, 0.05) is 17.4 Å². The monoisotopic (exact) mass is 554 g/mol. The zero-order valence-corrected chi connectivity index (χ0v) is 22.5. The minimum absolute atomic E-state index is 0.00638. The molecule has 5 N–H and O–H groups in total. The van der Waals surface area contributed by atoms with Crippen LogP contribution >= 0.6 is 0 Å². The van der Waals surface area contributed by atoms with E-state index in [-0.39, 0.29) is 52.8 Å². The molecule has 0 unspecified atom stereocenters. The summed E-state index contributed by atoms with van der Waals surface area (Å²) in [4.78, 5) is 12.7. The molecule has 214 valence electrons. The average Bonchev–Trinajstić information content (AvgIpc) is 3.29. The minimum Gasteiger partial charge on any atom is -0.504 e. The van der Waals surface area contributed by atoms with Crippen LogP contribution in [0.4, 0.5) is 0 Å². The predicted octanol–water partition coefficient (Wildman–Crippen LogP) is 3.21. The number of aliphatic hydroxyl groups is 2. The van der Waals surface area contributed by atoms with Crippen LogP contribution < -0.4 is 14.2 Å². The third kappa shape index (κ3) is 5.88. The van der Waals surface area contributed by atoms with Gasteiger partial charge in [0.2, 0.25) is 0 Å². The van der Waals surface area contributed by atoms with Crippen LogP contribution in [0.25, 0.3) is 0 Å². The van der Waals surface area contributed by atoms with Crippen LogP contribution in [-0.4, -0.2) is 66.0 Å². The van der Waals surface area contributed by atoms with Crippen molar-refractivity contribution < 1.29 is 49.3 Å². The Balaban J connectivity index is 1.63. The molecule has 3 aromatic carbocycles. The number of hydrogen-bond donors (Lipinski definition) is 5. The maximum Gasteiger partial charge on any atom is 0.309 e. The molecule has 0 spiro atoms. The lowest BCUT2D eigenvalue weighted by atomic mass is 9.83. The summed E-state index contributed by atoms with van der Waals surface area (Å²) in [5, 5.41) is 52.2. The van der Waals surface area contributed by atoms with Gasteiger partial charge in [0.1, 0.15) is 0 Å². The van der Waals surface area contributed by atoms with Crippen molar-refractivity contribution in [3.05, 3.63) is 70.8 Å². The SMILES string of the molecule is COc1cc(C[C@H]2C(=O)OC[C@@H]2Cc2cc(OC)c(O)c([C@@H](CO)[C@@H](O)c3ccc(O)c(OC)c3)c2)ccc1O. The van der Waals surface area contributed by atoms with E-state index in [1.807, 2.05) is 0 Å². The van der Waals surface area contributed by atoms with Crippen molar-refractivity contribution in [2.75, 3.05) is 34.5 Å². The Morgan fingerprint density at radius 1 is 0.850 bits per heavy atom. The molecule has 1 saturated heterocycles. The fourth-order valence-electron chi connectivity index (χ4n) is 5.19. The number of esters is 1. The second kappa shape index (κ2) is 12.4. The summed E-state index contributed by atoms with van der Waals surface area (Å²) in [5.41, 5.74) is 2.16. The largest absolute Gasteiger partial charge is 0.504 e. The molecule has 0 radical (unpaired) electrons. The smallest absolute Gasteiger partial charge is 0.309 e. The van der Waals surface area contributed by atoms with Gasteiger partial charge in [0.05, 0.1) is 46.6 Å². The van der Waals surface area contributed by atoms with Crippen LogP contribution in [0, 0.1) is 11.8 Å². The highest BCUT2D eigenvalue weighted by Crippen LogP contribution is 2.43. The molecule has 1 heterocycles. The van der Waals surface area contributed by atoms with Crippen LogP contribution in [0.5, 0.6) is 34.5 Å². The van der Waals surface area contributed by atoms with E-state index < -0.39 is 24.5 Å². The number of hydrogen-bond acceptors (Lipinski definition) is 10. The Bertz CT molecular complexity index is 1350. The molecule has 0 bridgehead atoms. The number of aromatic hydroxyl groups is 3. The predicted molar refractivity (Wildman–Crippen MR) is 144 cm³/mol. The Morgan fingerprint density at radius 3 is 2.12 bits per heavy atom. The molecule has 4 rings (SSSR count). The lowest BCUT2D eigenvalue weighted by Crippen LogP contribution is -2.21. The van der Waals surface area contributed by atoms with Crippen LogP contribution in [0.1, 0.15) is 34.3 Å². The summed E-state index contributed by atoms with van der Waals surface area (Å²) >= 11 is 0. The van der Waals surface area contributed by atoms with Crippen LogP contribution in [0.2, 0.25) is 0 Å². The number of carbonyl (C=O) groups excluding carboxylic acids is 1. The normalized spacial score (nSPS) is 18.2. The van der Waals surface area contributed by atoms with Crippen molar-refractivity contribution in [2.45, 2.75) is 24.9 Å². The van der Waals surface area contributed by atoms with E-state index >= 15 is 0 Å². The zero-order chi connectivity index (χ0) is 29.0. The number of benzene rings is 3. The standard InChI is InChI=1S/C30H34O10/c1-37-25-11-16(4-6-23(25)32)9-20-19(15-40-30(20)36)8-17-10-21(29(35)27(12-17)39-3)22(14-31)28(34)18-5-7-24(33)26(13-18)38-2/h4-7,10-13,19-20,22,28,31-35H,8-9,14-15H2,1-3H3/t19-,20+,22+,28-/m0/s1. The van der Waals surface area contributed by atoms with Gasteiger partial charge in [-0.25, -0.2) is 0 Å². The molecule has 40 heavy (non-hydrogen) atoms. The maximum atomic E-state index is 12.7.